The van der Waals surface area contributed by atoms with Gasteiger partial charge in [-0.1, -0.05) is 6.07 Å². The molecule has 1 aliphatic heterocycles. The van der Waals surface area contributed by atoms with E-state index in [2.05, 4.69) is 19.9 Å². The van der Waals surface area contributed by atoms with Crippen LogP contribution < -0.4 is 4.90 Å². The van der Waals surface area contributed by atoms with Crippen molar-refractivity contribution in [3.8, 4) is 5.82 Å². The molecule has 7 nitrogen and oxygen atoms in total. The number of aromatic nitrogens is 4. The van der Waals surface area contributed by atoms with E-state index in [1.165, 1.54) is 18.5 Å². The fraction of sp³-hybridized carbons (Fsp3) is 0.222. The summed E-state index contributed by atoms with van der Waals surface area (Å²) >= 11 is 0. The van der Waals surface area contributed by atoms with E-state index in [9.17, 15) is 9.18 Å². The van der Waals surface area contributed by atoms with Crippen LogP contribution in [0, 0.1) is 5.82 Å². The first-order valence-electron chi connectivity index (χ1n) is 8.31. The van der Waals surface area contributed by atoms with Crippen LogP contribution in [-0.4, -0.2) is 56.5 Å². The molecule has 0 bridgehead atoms. The molecular formula is C18H17FN6O. The van der Waals surface area contributed by atoms with Crippen LogP contribution in [0.2, 0.25) is 0 Å². The van der Waals surface area contributed by atoms with Crippen LogP contribution in [0.5, 0.6) is 0 Å². The second kappa shape index (κ2) is 6.91. The van der Waals surface area contributed by atoms with Crippen molar-refractivity contribution in [2.45, 2.75) is 0 Å². The number of piperazine rings is 1. The molecular weight excluding hydrogens is 335 g/mol. The maximum atomic E-state index is 13.3. The third kappa shape index (κ3) is 3.26. The smallest absolute Gasteiger partial charge is 0.254 e. The van der Waals surface area contributed by atoms with Gasteiger partial charge in [-0.25, -0.2) is 19.3 Å². The van der Waals surface area contributed by atoms with Crippen molar-refractivity contribution in [1.82, 2.24) is 24.4 Å². The molecule has 0 spiro atoms. The third-order valence-corrected chi connectivity index (χ3v) is 4.37. The molecule has 0 radical (unpaired) electrons. The lowest BCUT2D eigenvalue weighted by molar-refractivity contribution is 0.0746. The molecule has 1 aliphatic rings. The first kappa shape index (κ1) is 16.2. The van der Waals surface area contributed by atoms with Crippen molar-refractivity contribution in [1.29, 1.82) is 0 Å². The molecule has 1 fully saturated rings. The molecule has 0 N–H and O–H groups in total. The average Bonchev–Trinajstić information content (AvgIpc) is 3.23. The predicted octanol–water partition coefficient (Wildman–Crippen LogP) is 1.76. The Kier molecular flexibility index (Phi) is 4.30. The number of carbonyl (C=O) groups excluding carboxylic acids is 1. The molecule has 2 aromatic heterocycles. The van der Waals surface area contributed by atoms with Gasteiger partial charge in [0.05, 0.1) is 0 Å². The van der Waals surface area contributed by atoms with Crippen LogP contribution in [-0.2, 0) is 0 Å². The van der Waals surface area contributed by atoms with E-state index in [0.717, 1.165) is 11.6 Å². The van der Waals surface area contributed by atoms with E-state index >= 15 is 0 Å². The number of rotatable bonds is 3. The zero-order chi connectivity index (χ0) is 17.9. The van der Waals surface area contributed by atoms with Crippen LogP contribution in [0.4, 0.5) is 10.2 Å². The van der Waals surface area contributed by atoms with Crippen molar-refractivity contribution in [2.24, 2.45) is 0 Å². The number of carbonyl (C=O) groups is 1. The topological polar surface area (TPSA) is 67.2 Å². The van der Waals surface area contributed by atoms with Crippen LogP contribution in [0.15, 0.2) is 55.4 Å². The maximum absolute atomic E-state index is 13.3. The van der Waals surface area contributed by atoms with E-state index in [-0.39, 0.29) is 5.91 Å². The van der Waals surface area contributed by atoms with Gasteiger partial charge in [-0.3, -0.25) is 9.36 Å². The van der Waals surface area contributed by atoms with Crippen LogP contribution in [0.25, 0.3) is 5.82 Å². The highest BCUT2D eigenvalue weighted by molar-refractivity contribution is 5.94. The Bertz CT molecular complexity index is 906. The summed E-state index contributed by atoms with van der Waals surface area (Å²) in [6.45, 7) is 2.42. The molecule has 0 aliphatic carbocycles. The predicted molar refractivity (Wildman–Crippen MR) is 93.7 cm³/mol. The van der Waals surface area contributed by atoms with E-state index in [4.69, 9.17) is 0 Å². The second-order valence-electron chi connectivity index (χ2n) is 5.99. The lowest BCUT2D eigenvalue weighted by Crippen LogP contribution is -2.49. The van der Waals surface area contributed by atoms with Gasteiger partial charge in [0.2, 0.25) is 0 Å². The molecule has 3 aromatic rings. The number of nitrogens with zero attached hydrogens (tertiary/aromatic N) is 6. The van der Waals surface area contributed by atoms with Gasteiger partial charge in [0, 0.05) is 50.2 Å². The second-order valence-corrected chi connectivity index (χ2v) is 5.99. The molecule has 8 heteroatoms. The molecule has 0 unspecified atom stereocenters. The number of anilines is 1. The summed E-state index contributed by atoms with van der Waals surface area (Å²) in [7, 11) is 0. The van der Waals surface area contributed by atoms with Gasteiger partial charge in [0.15, 0.2) is 0 Å². The minimum atomic E-state index is -0.400. The quantitative estimate of drug-likeness (QED) is 0.719. The number of hydrogen-bond acceptors (Lipinski definition) is 5. The lowest BCUT2D eigenvalue weighted by Gasteiger charge is -2.35. The van der Waals surface area contributed by atoms with Gasteiger partial charge < -0.3 is 9.80 Å². The third-order valence-electron chi connectivity index (χ3n) is 4.37. The minimum Gasteiger partial charge on any atom is -0.353 e. The summed E-state index contributed by atoms with van der Waals surface area (Å²) in [5.41, 5.74) is 0.378. The maximum Gasteiger partial charge on any atom is 0.254 e. The van der Waals surface area contributed by atoms with Gasteiger partial charge in [-0.05, 0) is 18.2 Å². The monoisotopic (exact) mass is 352 g/mol. The first-order valence-corrected chi connectivity index (χ1v) is 8.31. The fourth-order valence-corrected chi connectivity index (χ4v) is 2.99. The zero-order valence-corrected chi connectivity index (χ0v) is 14.0. The van der Waals surface area contributed by atoms with Crippen molar-refractivity contribution in [3.63, 3.8) is 0 Å². The van der Waals surface area contributed by atoms with E-state index in [1.807, 2.05) is 16.8 Å². The molecule has 1 amide bonds. The summed E-state index contributed by atoms with van der Waals surface area (Å²) in [6.07, 6.45) is 6.72. The normalized spacial score (nSPS) is 14.5. The Morgan fingerprint density at radius 1 is 1.04 bits per heavy atom. The standard InChI is InChI=1S/C18H17FN6O/c19-15-3-1-2-14(10-15)18(26)24-8-6-23(7-9-24)16-11-17(22-12-21-16)25-5-4-20-13-25/h1-5,10-13H,6-9H2. The minimum absolute atomic E-state index is 0.147. The SMILES string of the molecule is O=C(c1cccc(F)c1)N1CCN(c2cc(-n3ccnc3)ncn2)CC1. The summed E-state index contributed by atoms with van der Waals surface area (Å²) in [5.74, 6) is 1.00. The lowest BCUT2D eigenvalue weighted by atomic mass is 10.1. The molecule has 1 saturated heterocycles. The van der Waals surface area contributed by atoms with Gasteiger partial charge in [0.25, 0.3) is 5.91 Å². The first-order chi connectivity index (χ1) is 12.7. The summed E-state index contributed by atoms with van der Waals surface area (Å²) in [4.78, 5) is 29.0. The Balaban J connectivity index is 1.44. The van der Waals surface area contributed by atoms with Gasteiger partial charge in [-0.15, -0.1) is 0 Å². The molecule has 0 atom stereocenters. The largest absolute Gasteiger partial charge is 0.353 e. The number of amides is 1. The summed E-state index contributed by atoms with van der Waals surface area (Å²) < 4.78 is 15.1. The molecule has 3 heterocycles. The van der Waals surface area contributed by atoms with Crippen LogP contribution in [0.3, 0.4) is 0 Å². The van der Waals surface area contributed by atoms with Crippen molar-refractivity contribution >= 4 is 11.7 Å². The Morgan fingerprint density at radius 2 is 1.85 bits per heavy atom. The molecule has 0 saturated carbocycles. The molecule has 26 heavy (non-hydrogen) atoms. The van der Waals surface area contributed by atoms with Gasteiger partial charge >= 0.3 is 0 Å². The van der Waals surface area contributed by atoms with Crippen molar-refractivity contribution in [2.75, 3.05) is 31.1 Å². The molecule has 132 valence electrons. The Labute approximate surface area is 149 Å². The van der Waals surface area contributed by atoms with E-state index in [0.29, 0.717) is 31.7 Å². The number of halogens is 1. The summed E-state index contributed by atoms with van der Waals surface area (Å²) in [5, 5.41) is 0. The van der Waals surface area contributed by atoms with Crippen molar-refractivity contribution < 1.29 is 9.18 Å². The molecule has 4 rings (SSSR count). The zero-order valence-electron chi connectivity index (χ0n) is 14.0. The average molecular weight is 352 g/mol. The van der Waals surface area contributed by atoms with E-state index in [1.54, 1.807) is 29.6 Å². The van der Waals surface area contributed by atoms with Crippen LogP contribution in [0.1, 0.15) is 10.4 Å². The highest BCUT2D eigenvalue weighted by Gasteiger charge is 2.23. The van der Waals surface area contributed by atoms with Crippen molar-refractivity contribution in [3.05, 3.63) is 66.8 Å². The highest BCUT2D eigenvalue weighted by atomic mass is 19.1. The Morgan fingerprint density at radius 3 is 2.58 bits per heavy atom. The summed E-state index contributed by atoms with van der Waals surface area (Å²) in [6, 6.07) is 7.70. The van der Waals surface area contributed by atoms with Gasteiger partial charge in [-0.2, -0.15) is 0 Å². The van der Waals surface area contributed by atoms with Gasteiger partial charge in [0.1, 0.15) is 30.1 Å². The number of imidazole rings is 1. The van der Waals surface area contributed by atoms with E-state index < -0.39 is 5.82 Å². The Hall–Kier alpha value is -3.29. The highest BCUT2D eigenvalue weighted by Crippen LogP contribution is 2.17. The number of hydrogen-bond donors (Lipinski definition) is 0. The van der Waals surface area contributed by atoms with Crippen LogP contribution >= 0.6 is 0 Å². The number of benzene rings is 1. The molecule has 1 aromatic carbocycles. The fourth-order valence-electron chi connectivity index (χ4n) is 2.99.